The molecule has 0 aliphatic heterocycles. The van der Waals surface area contributed by atoms with Gasteiger partial charge in [-0.2, -0.15) is 13.2 Å². The lowest BCUT2D eigenvalue weighted by Gasteiger charge is -2.22. The summed E-state index contributed by atoms with van der Waals surface area (Å²) in [6, 6.07) is 0.218. The van der Waals surface area contributed by atoms with E-state index in [1.807, 2.05) is 0 Å². The van der Waals surface area contributed by atoms with Crippen molar-refractivity contribution in [3.8, 4) is 0 Å². The van der Waals surface area contributed by atoms with Crippen LogP contribution in [0.5, 0.6) is 0 Å². The Bertz CT molecular complexity index is 435. The number of hydrogen-bond acceptors (Lipinski definition) is 2. The molecule has 1 aromatic rings. The number of halogens is 6. The molecule has 0 bridgehead atoms. The fraction of sp³-hybridized carbons (Fsp3) is 0.400. The summed E-state index contributed by atoms with van der Waals surface area (Å²) in [5.74, 6) is -3.71. The van der Waals surface area contributed by atoms with Crippen LogP contribution in [0, 0.1) is 0 Å². The van der Waals surface area contributed by atoms with Crippen LogP contribution in [0.15, 0.2) is 18.2 Å². The van der Waals surface area contributed by atoms with Gasteiger partial charge in [0.05, 0.1) is 16.6 Å². The van der Waals surface area contributed by atoms with E-state index in [1.54, 1.807) is 0 Å². The Morgan fingerprint density at radius 3 is 2.22 bits per heavy atom. The van der Waals surface area contributed by atoms with Gasteiger partial charge in [0.1, 0.15) is 6.61 Å². The van der Waals surface area contributed by atoms with Crippen molar-refractivity contribution in [2.45, 2.75) is 18.1 Å². The Labute approximate surface area is 104 Å². The minimum absolute atomic E-state index is 0.453. The van der Waals surface area contributed by atoms with E-state index in [9.17, 15) is 22.0 Å². The standard InChI is InChI=1S/C10H9ClF5NO/c11-7-2-1-5(3-6(7)10(14,15)16)8(17)9(12,13)4-18/h1-3,8,18H,4,17H2/t8-/m1/s1. The van der Waals surface area contributed by atoms with Crippen LogP contribution < -0.4 is 5.73 Å². The third kappa shape index (κ3) is 3.09. The topological polar surface area (TPSA) is 46.2 Å². The SMILES string of the molecule is N[C@H](c1ccc(Cl)c(C(F)(F)F)c1)C(F)(F)CO. The van der Waals surface area contributed by atoms with Gasteiger partial charge in [-0.1, -0.05) is 17.7 Å². The van der Waals surface area contributed by atoms with E-state index >= 15 is 0 Å². The number of hydrogen-bond donors (Lipinski definition) is 2. The van der Waals surface area contributed by atoms with Gasteiger partial charge in [-0.3, -0.25) is 0 Å². The highest BCUT2D eigenvalue weighted by Gasteiger charge is 2.39. The van der Waals surface area contributed by atoms with Gasteiger partial charge < -0.3 is 10.8 Å². The van der Waals surface area contributed by atoms with Crippen LogP contribution in [0.3, 0.4) is 0 Å². The van der Waals surface area contributed by atoms with Crippen molar-refractivity contribution in [3.05, 3.63) is 34.3 Å². The van der Waals surface area contributed by atoms with Crippen molar-refractivity contribution in [2.75, 3.05) is 6.61 Å². The van der Waals surface area contributed by atoms with Crippen molar-refractivity contribution >= 4 is 11.6 Å². The second kappa shape index (κ2) is 4.99. The lowest BCUT2D eigenvalue weighted by molar-refractivity contribution is -0.137. The molecule has 1 rings (SSSR count). The zero-order valence-electron chi connectivity index (χ0n) is 8.81. The van der Waals surface area contributed by atoms with Crippen molar-refractivity contribution in [1.82, 2.24) is 0 Å². The molecule has 0 radical (unpaired) electrons. The predicted octanol–water partition coefficient (Wildman–Crippen LogP) is 2.99. The summed E-state index contributed by atoms with van der Waals surface area (Å²) in [6.45, 7) is -1.56. The van der Waals surface area contributed by atoms with Gasteiger partial charge in [-0.25, -0.2) is 8.78 Å². The lowest BCUT2D eigenvalue weighted by atomic mass is 9.99. The molecule has 0 saturated carbocycles. The van der Waals surface area contributed by atoms with Crippen molar-refractivity contribution < 1.29 is 27.1 Å². The molecule has 1 aromatic carbocycles. The molecule has 1 atom stereocenters. The number of nitrogens with two attached hydrogens (primary N) is 1. The third-order valence-corrected chi connectivity index (χ3v) is 2.65. The smallest absolute Gasteiger partial charge is 0.390 e. The molecule has 0 unspecified atom stereocenters. The van der Waals surface area contributed by atoms with Gasteiger partial charge in [0, 0.05) is 0 Å². The van der Waals surface area contributed by atoms with Crippen LogP contribution in [0.1, 0.15) is 17.2 Å². The van der Waals surface area contributed by atoms with Gasteiger partial charge in [0.15, 0.2) is 0 Å². The van der Waals surface area contributed by atoms with E-state index < -0.39 is 40.9 Å². The molecule has 0 spiro atoms. The second-order valence-corrected chi connectivity index (χ2v) is 4.04. The molecule has 0 aliphatic carbocycles. The molecule has 0 heterocycles. The first-order chi connectivity index (χ1) is 8.09. The van der Waals surface area contributed by atoms with Crippen molar-refractivity contribution in [3.63, 3.8) is 0 Å². The molecule has 0 aliphatic rings. The molecule has 102 valence electrons. The molecule has 0 saturated heterocycles. The van der Waals surface area contributed by atoms with Gasteiger partial charge >= 0.3 is 6.18 Å². The van der Waals surface area contributed by atoms with E-state index in [-0.39, 0.29) is 0 Å². The number of rotatable bonds is 3. The maximum Gasteiger partial charge on any atom is 0.417 e. The molecule has 3 N–H and O–H groups in total. The average Bonchev–Trinajstić information content (AvgIpc) is 2.27. The van der Waals surface area contributed by atoms with Gasteiger partial charge in [-0.15, -0.1) is 0 Å². The number of aliphatic hydroxyl groups excluding tert-OH is 1. The molecule has 0 fully saturated rings. The number of benzene rings is 1. The fourth-order valence-electron chi connectivity index (χ4n) is 1.30. The summed E-state index contributed by atoms with van der Waals surface area (Å²) in [7, 11) is 0. The van der Waals surface area contributed by atoms with Crippen molar-refractivity contribution in [1.29, 1.82) is 0 Å². The Kier molecular flexibility index (Phi) is 4.19. The molecule has 0 aromatic heterocycles. The first-order valence-electron chi connectivity index (χ1n) is 4.70. The Hall–Kier alpha value is -0.920. The first kappa shape index (κ1) is 15.1. The zero-order valence-corrected chi connectivity index (χ0v) is 9.56. The Morgan fingerprint density at radius 1 is 1.22 bits per heavy atom. The van der Waals surface area contributed by atoms with Crippen LogP contribution in [0.4, 0.5) is 22.0 Å². The number of aliphatic hydroxyl groups is 1. The quantitative estimate of drug-likeness (QED) is 0.840. The highest BCUT2D eigenvalue weighted by molar-refractivity contribution is 6.31. The summed E-state index contributed by atoms with van der Waals surface area (Å²) in [5.41, 5.74) is 3.43. The van der Waals surface area contributed by atoms with Gasteiger partial charge in [-0.05, 0) is 17.7 Å². The summed E-state index contributed by atoms with van der Waals surface area (Å²) >= 11 is 5.34. The normalized spacial score (nSPS) is 14.7. The Morgan fingerprint density at radius 2 is 1.78 bits per heavy atom. The molecule has 0 amide bonds. The average molecular weight is 290 g/mol. The third-order valence-electron chi connectivity index (χ3n) is 2.32. The van der Waals surface area contributed by atoms with Crippen LogP contribution in [-0.4, -0.2) is 17.6 Å². The monoisotopic (exact) mass is 289 g/mol. The van der Waals surface area contributed by atoms with Crippen LogP contribution >= 0.6 is 11.6 Å². The van der Waals surface area contributed by atoms with Crippen LogP contribution in [-0.2, 0) is 6.18 Å². The van der Waals surface area contributed by atoms with E-state index in [0.29, 0.717) is 6.07 Å². The summed E-state index contributed by atoms with van der Waals surface area (Å²) in [5, 5.41) is 7.83. The minimum Gasteiger partial charge on any atom is -0.390 e. The van der Waals surface area contributed by atoms with E-state index in [2.05, 4.69) is 0 Å². The largest absolute Gasteiger partial charge is 0.417 e. The highest BCUT2D eigenvalue weighted by Crippen LogP contribution is 2.37. The first-order valence-corrected chi connectivity index (χ1v) is 5.08. The molecule has 8 heteroatoms. The molecule has 2 nitrogen and oxygen atoms in total. The highest BCUT2D eigenvalue weighted by atomic mass is 35.5. The lowest BCUT2D eigenvalue weighted by Crippen LogP contribution is -2.36. The second-order valence-electron chi connectivity index (χ2n) is 3.63. The zero-order chi connectivity index (χ0) is 14.1. The molecular weight excluding hydrogens is 281 g/mol. The van der Waals surface area contributed by atoms with Gasteiger partial charge in [0.25, 0.3) is 5.92 Å². The molecular formula is C10H9ClF5NO. The maximum absolute atomic E-state index is 13.1. The van der Waals surface area contributed by atoms with E-state index in [1.165, 1.54) is 0 Å². The molecule has 18 heavy (non-hydrogen) atoms. The maximum atomic E-state index is 13.1. The van der Waals surface area contributed by atoms with Crippen molar-refractivity contribution in [2.24, 2.45) is 5.73 Å². The Balaban J connectivity index is 3.21. The van der Waals surface area contributed by atoms with E-state index in [0.717, 1.165) is 12.1 Å². The predicted molar refractivity (Wildman–Crippen MR) is 55.4 cm³/mol. The van der Waals surface area contributed by atoms with Crippen LogP contribution in [0.2, 0.25) is 5.02 Å². The number of alkyl halides is 5. The summed E-state index contributed by atoms with van der Waals surface area (Å²) in [6.07, 6.45) is -4.76. The van der Waals surface area contributed by atoms with Gasteiger partial charge in [0.2, 0.25) is 0 Å². The summed E-state index contributed by atoms with van der Waals surface area (Å²) in [4.78, 5) is 0. The van der Waals surface area contributed by atoms with Crippen LogP contribution in [0.25, 0.3) is 0 Å². The minimum atomic E-state index is -4.76. The summed E-state index contributed by atoms with van der Waals surface area (Å²) < 4.78 is 63.7. The van der Waals surface area contributed by atoms with E-state index in [4.69, 9.17) is 22.4 Å². The fourth-order valence-corrected chi connectivity index (χ4v) is 1.52.